The highest BCUT2D eigenvalue weighted by molar-refractivity contribution is 4.95. The first-order valence-corrected chi connectivity index (χ1v) is 8.30. The van der Waals surface area contributed by atoms with Crippen molar-refractivity contribution < 1.29 is 0 Å². The third kappa shape index (κ3) is 3.52. The molecular weight excluding hydrogens is 216 g/mol. The van der Waals surface area contributed by atoms with Crippen molar-refractivity contribution >= 4 is 0 Å². The Bertz CT molecular complexity index is 218. The summed E-state index contributed by atoms with van der Waals surface area (Å²) in [6, 6.07) is 0. The molecule has 3 atom stereocenters. The molecule has 0 amide bonds. The second kappa shape index (κ2) is 7.56. The molecule has 0 bridgehead atoms. The lowest BCUT2D eigenvalue weighted by Crippen LogP contribution is -2.45. The zero-order valence-electron chi connectivity index (χ0n) is 14.4. The summed E-state index contributed by atoms with van der Waals surface area (Å²) in [6.07, 6.45) is 8.15. The van der Waals surface area contributed by atoms with E-state index in [0.717, 1.165) is 11.8 Å². The van der Waals surface area contributed by atoms with Crippen LogP contribution in [0, 0.1) is 22.7 Å². The van der Waals surface area contributed by atoms with Crippen molar-refractivity contribution in [3.63, 3.8) is 0 Å². The quantitative estimate of drug-likeness (QED) is 0.402. The van der Waals surface area contributed by atoms with Gasteiger partial charge < -0.3 is 0 Å². The molecule has 0 radical (unpaired) electrons. The molecule has 0 fully saturated rings. The fourth-order valence-corrected chi connectivity index (χ4v) is 3.81. The maximum absolute atomic E-state index is 2.55. The zero-order valence-corrected chi connectivity index (χ0v) is 14.4. The minimum absolute atomic E-state index is 0.466. The van der Waals surface area contributed by atoms with Crippen LogP contribution in [-0.4, -0.2) is 0 Å². The normalized spacial score (nSPS) is 20.5. The molecule has 0 aromatic rings. The lowest BCUT2D eigenvalue weighted by atomic mass is 9.52. The standard InChI is InChI=1S/C18H38/c1-9-12-13-14-16(6)18(8,11-3)17(7,10-2)15(4)5/h15-16H,9-14H2,1-8H3. The summed E-state index contributed by atoms with van der Waals surface area (Å²) in [4.78, 5) is 0. The molecule has 110 valence electrons. The van der Waals surface area contributed by atoms with E-state index in [2.05, 4.69) is 55.4 Å². The van der Waals surface area contributed by atoms with E-state index in [9.17, 15) is 0 Å². The summed E-state index contributed by atoms with van der Waals surface area (Å²) in [6.45, 7) is 19.5. The predicted octanol–water partition coefficient (Wildman–Crippen LogP) is 6.69. The molecule has 0 aliphatic carbocycles. The van der Waals surface area contributed by atoms with Crippen LogP contribution in [0.25, 0.3) is 0 Å². The second-order valence-electron chi connectivity index (χ2n) is 7.09. The van der Waals surface area contributed by atoms with Gasteiger partial charge in [0.2, 0.25) is 0 Å². The molecule has 0 nitrogen and oxygen atoms in total. The fourth-order valence-electron chi connectivity index (χ4n) is 3.81. The molecule has 0 aliphatic rings. The third-order valence-electron chi connectivity index (χ3n) is 6.38. The van der Waals surface area contributed by atoms with Crippen LogP contribution in [0.15, 0.2) is 0 Å². The summed E-state index contributed by atoms with van der Waals surface area (Å²) < 4.78 is 0. The molecule has 0 N–H and O–H groups in total. The Morgan fingerprint density at radius 3 is 1.61 bits per heavy atom. The van der Waals surface area contributed by atoms with E-state index in [1.807, 2.05) is 0 Å². The van der Waals surface area contributed by atoms with Gasteiger partial charge in [-0.05, 0) is 35.5 Å². The van der Waals surface area contributed by atoms with Gasteiger partial charge in [-0.3, -0.25) is 0 Å². The van der Waals surface area contributed by atoms with Gasteiger partial charge >= 0.3 is 0 Å². The maximum Gasteiger partial charge on any atom is -0.0247 e. The van der Waals surface area contributed by atoms with E-state index in [4.69, 9.17) is 0 Å². The number of unbranched alkanes of at least 4 members (excludes halogenated alkanes) is 2. The van der Waals surface area contributed by atoms with Crippen LogP contribution in [0.1, 0.15) is 93.9 Å². The minimum atomic E-state index is 0.466. The van der Waals surface area contributed by atoms with Crippen LogP contribution in [0.3, 0.4) is 0 Å². The summed E-state index contributed by atoms with van der Waals surface area (Å²) in [7, 11) is 0. The Morgan fingerprint density at radius 1 is 0.778 bits per heavy atom. The van der Waals surface area contributed by atoms with Crippen molar-refractivity contribution in [1.82, 2.24) is 0 Å². The predicted molar refractivity (Wildman–Crippen MR) is 84.9 cm³/mol. The monoisotopic (exact) mass is 254 g/mol. The molecule has 0 aromatic carbocycles. The van der Waals surface area contributed by atoms with Crippen molar-refractivity contribution in [2.75, 3.05) is 0 Å². The smallest absolute Gasteiger partial charge is 0.0247 e. The van der Waals surface area contributed by atoms with Gasteiger partial charge in [0.15, 0.2) is 0 Å². The highest BCUT2D eigenvalue weighted by Crippen LogP contribution is 2.54. The largest absolute Gasteiger partial charge is 0.0654 e. The molecule has 0 heterocycles. The van der Waals surface area contributed by atoms with Crippen molar-refractivity contribution in [2.45, 2.75) is 93.9 Å². The number of hydrogen-bond acceptors (Lipinski definition) is 0. The van der Waals surface area contributed by atoms with E-state index >= 15 is 0 Å². The van der Waals surface area contributed by atoms with E-state index in [-0.39, 0.29) is 0 Å². The summed E-state index contributed by atoms with van der Waals surface area (Å²) in [5.41, 5.74) is 0.942. The van der Waals surface area contributed by atoms with Crippen LogP contribution >= 0.6 is 0 Å². The average molecular weight is 255 g/mol. The van der Waals surface area contributed by atoms with Gasteiger partial charge in [-0.25, -0.2) is 0 Å². The Kier molecular flexibility index (Phi) is 7.56. The highest BCUT2D eigenvalue weighted by Gasteiger charge is 2.46. The maximum atomic E-state index is 2.55. The van der Waals surface area contributed by atoms with Crippen molar-refractivity contribution in [3.8, 4) is 0 Å². The highest BCUT2D eigenvalue weighted by atomic mass is 14.5. The molecule has 18 heavy (non-hydrogen) atoms. The molecule has 0 saturated carbocycles. The van der Waals surface area contributed by atoms with E-state index in [1.54, 1.807) is 0 Å². The molecule has 3 unspecified atom stereocenters. The number of rotatable bonds is 9. The molecule has 0 spiro atoms. The first-order valence-electron chi connectivity index (χ1n) is 8.30. The third-order valence-corrected chi connectivity index (χ3v) is 6.38. The Balaban J connectivity index is 4.96. The lowest BCUT2D eigenvalue weighted by molar-refractivity contribution is -0.0363. The fraction of sp³-hybridized carbons (Fsp3) is 1.00. The summed E-state index contributed by atoms with van der Waals surface area (Å²) >= 11 is 0. The second-order valence-corrected chi connectivity index (χ2v) is 7.09. The van der Waals surface area contributed by atoms with E-state index < -0.39 is 0 Å². The molecule has 0 aliphatic heterocycles. The zero-order chi connectivity index (χ0) is 14.4. The van der Waals surface area contributed by atoms with E-state index in [1.165, 1.54) is 38.5 Å². The van der Waals surface area contributed by atoms with Crippen LogP contribution in [-0.2, 0) is 0 Å². The minimum Gasteiger partial charge on any atom is -0.0654 e. The molecule has 0 aromatic heterocycles. The van der Waals surface area contributed by atoms with Gasteiger partial charge in [0, 0.05) is 0 Å². The SMILES string of the molecule is CCCCCC(C)C(C)(CC)C(C)(CC)C(C)C. The van der Waals surface area contributed by atoms with Gasteiger partial charge in [-0.15, -0.1) is 0 Å². The van der Waals surface area contributed by atoms with E-state index in [0.29, 0.717) is 10.8 Å². The van der Waals surface area contributed by atoms with Crippen LogP contribution in [0.2, 0.25) is 0 Å². The Labute approximate surface area is 117 Å². The van der Waals surface area contributed by atoms with Crippen molar-refractivity contribution in [3.05, 3.63) is 0 Å². The summed E-state index contributed by atoms with van der Waals surface area (Å²) in [5, 5.41) is 0. The number of hydrogen-bond donors (Lipinski definition) is 0. The van der Waals surface area contributed by atoms with Gasteiger partial charge in [0.25, 0.3) is 0 Å². The van der Waals surface area contributed by atoms with Crippen LogP contribution in [0.4, 0.5) is 0 Å². The lowest BCUT2D eigenvalue weighted by Gasteiger charge is -2.53. The van der Waals surface area contributed by atoms with Gasteiger partial charge in [-0.2, -0.15) is 0 Å². The van der Waals surface area contributed by atoms with Crippen LogP contribution < -0.4 is 0 Å². The van der Waals surface area contributed by atoms with Gasteiger partial charge in [0.1, 0.15) is 0 Å². The molecule has 0 heteroatoms. The summed E-state index contributed by atoms with van der Waals surface area (Å²) in [5.74, 6) is 1.60. The van der Waals surface area contributed by atoms with Crippen molar-refractivity contribution in [2.24, 2.45) is 22.7 Å². The first kappa shape index (κ1) is 18.0. The molecular formula is C18H38. The topological polar surface area (TPSA) is 0 Å². The first-order chi connectivity index (χ1) is 8.30. The van der Waals surface area contributed by atoms with Gasteiger partial charge in [0.05, 0.1) is 0 Å². The van der Waals surface area contributed by atoms with Gasteiger partial charge in [-0.1, -0.05) is 81.1 Å². The molecule has 0 saturated heterocycles. The van der Waals surface area contributed by atoms with Crippen LogP contribution in [0.5, 0.6) is 0 Å². The molecule has 0 rings (SSSR count). The Hall–Kier alpha value is 0. The Morgan fingerprint density at radius 2 is 1.28 bits per heavy atom. The average Bonchev–Trinajstić information content (AvgIpc) is 2.36. The van der Waals surface area contributed by atoms with Crippen molar-refractivity contribution in [1.29, 1.82) is 0 Å².